The molecule has 0 amide bonds. The second-order valence-electron chi connectivity index (χ2n) is 5.45. The van der Waals surface area contributed by atoms with E-state index in [2.05, 4.69) is 4.98 Å². The molecule has 0 radical (unpaired) electrons. The monoisotopic (exact) mass is 382 g/mol. The first-order valence-corrected chi connectivity index (χ1v) is 8.96. The average Bonchev–Trinajstić information content (AvgIpc) is 2.86. The van der Waals surface area contributed by atoms with E-state index in [1.165, 1.54) is 11.3 Å². The first-order valence-electron chi connectivity index (χ1n) is 7.39. The molecule has 0 aliphatic heterocycles. The third-order valence-electron chi connectivity index (χ3n) is 3.91. The molecule has 0 saturated heterocycles. The van der Waals surface area contributed by atoms with Crippen molar-refractivity contribution in [1.82, 2.24) is 9.55 Å². The Balaban J connectivity index is 2.30. The SMILES string of the molecule is COCCn1c(C)nc2sc(C)c(-c3ccc(Cl)c(Cl)c3)c2c1=O. The van der Waals surface area contributed by atoms with Crippen LogP contribution in [0.4, 0.5) is 0 Å². The number of halogens is 2. The molecule has 3 rings (SSSR count). The third-order valence-corrected chi connectivity index (χ3v) is 5.64. The predicted octanol–water partition coefficient (Wildman–Crippen LogP) is 4.70. The van der Waals surface area contributed by atoms with E-state index in [4.69, 9.17) is 27.9 Å². The maximum atomic E-state index is 13.0. The molecule has 0 atom stereocenters. The van der Waals surface area contributed by atoms with Crippen molar-refractivity contribution in [3.8, 4) is 11.1 Å². The van der Waals surface area contributed by atoms with E-state index in [0.29, 0.717) is 34.4 Å². The number of benzene rings is 1. The molecule has 126 valence electrons. The second kappa shape index (κ2) is 6.84. The van der Waals surface area contributed by atoms with Gasteiger partial charge in [0.05, 0.1) is 28.6 Å². The Kier molecular flexibility index (Phi) is 4.97. The Morgan fingerprint density at radius 3 is 2.67 bits per heavy atom. The molecule has 0 bridgehead atoms. The Hall–Kier alpha value is -1.40. The van der Waals surface area contributed by atoms with Gasteiger partial charge in [0.1, 0.15) is 10.7 Å². The van der Waals surface area contributed by atoms with Crippen molar-refractivity contribution in [3.63, 3.8) is 0 Å². The highest BCUT2D eigenvalue weighted by molar-refractivity contribution is 7.19. The average molecular weight is 383 g/mol. The van der Waals surface area contributed by atoms with Gasteiger partial charge in [-0.25, -0.2) is 4.98 Å². The van der Waals surface area contributed by atoms with Crippen molar-refractivity contribution in [2.75, 3.05) is 13.7 Å². The van der Waals surface area contributed by atoms with Gasteiger partial charge in [0.25, 0.3) is 5.56 Å². The Morgan fingerprint density at radius 2 is 2.00 bits per heavy atom. The normalized spacial score (nSPS) is 11.4. The summed E-state index contributed by atoms with van der Waals surface area (Å²) in [4.78, 5) is 19.4. The van der Waals surface area contributed by atoms with Crippen molar-refractivity contribution in [2.24, 2.45) is 0 Å². The zero-order valence-corrected chi connectivity index (χ0v) is 15.8. The summed E-state index contributed by atoms with van der Waals surface area (Å²) in [6.07, 6.45) is 0. The van der Waals surface area contributed by atoms with Crippen LogP contribution in [0.5, 0.6) is 0 Å². The highest BCUT2D eigenvalue weighted by atomic mass is 35.5. The quantitative estimate of drug-likeness (QED) is 0.656. The minimum Gasteiger partial charge on any atom is -0.383 e. The molecule has 2 heterocycles. The lowest BCUT2D eigenvalue weighted by atomic mass is 10.0. The molecular weight excluding hydrogens is 367 g/mol. The van der Waals surface area contributed by atoms with Gasteiger partial charge in [0.2, 0.25) is 0 Å². The van der Waals surface area contributed by atoms with Gasteiger partial charge in [0.15, 0.2) is 0 Å². The molecule has 7 heteroatoms. The largest absolute Gasteiger partial charge is 0.383 e. The summed E-state index contributed by atoms with van der Waals surface area (Å²) in [6.45, 7) is 4.75. The Morgan fingerprint density at radius 1 is 1.25 bits per heavy atom. The number of nitrogens with zero attached hydrogens (tertiary/aromatic N) is 2. The number of aromatic nitrogens is 2. The van der Waals surface area contributed by atoms with Crippen LogP contribution in [0, 0.1) is 13.8 Å². The standard InChI is InChI=1S/C17H16Cl2N2O2S/c1-9-14(11-4-5-12(18)13(19)8-11)15-16(24-9)20-10(2)21(17(15)22)6-7-23-3/h4-5,8H,6-7H2,1-3H3. The molecule has 3 aromatic rings. The van der Waals surface area contributed by atoms with Gasteiger partial charge in [-0.1, -0.05) is 29.3 Å². The fourth-order valence-corrected chi connectivity index (χ4v) is 4.12. The lowest BCUT2D eigenvalue weighted by molar-refractivity contribution is 0.185. The van der Waals surface area contributed by atoms with Crippen LogP contribution in [0.15, 0.2) is 23.0 Å². The number of hydrogen-bond donors (Lipinski definition) is 0. The van der Waals surface area contributed by atoms with Crippen molar-refractivity contribution in [2.45, 2.75) is 20.4 Å². The number of rotatable bonds is 4. The van der Waals surface area contributed by atoms with Crippen LogP contribution in [0.25, 0.3) is 21.3 Å². The first-order chi connectivity index (χ1) is 11.4. The summed E-state index contributed by atoms with van der Waals surface area (Å²) < 4.78 is 6.75. The van der Waals surface area contributed by atoms with Crippen molar-refractivity contribution in [3.05, 3.63) is 49.3 Å². The maximum absolute atomic E-state index is 13.0. The number of methoxy groups -OCH3 is 1. The number of ether oxygens (including phenoxy) is 1. The van der Waals surface area contributed by atoms with Crippen LogP contribution in [-0.4, -0.2) is 23.3 Å². The zero-order chi connectivity index (χ0) is 17.4. The summed E-state index contributed by atoms with van der Waals surface area (Å²) in [6, 6.07) is 5.41. The second-order valence-corrected chi connectivity index (χ2v) is 7.47. The molecule has 0 aliphatic carbocycles. The summed E-state index contributed by atoms with van der Waals surface area (Å²) in [5.41, 5.74) is 1.69. The highest BCUT2D eigenvalue weighted by Gasteiger charge is 2.19. The van der Waals surface area contributed by atoms with Gasteiger partial charge in [-0.2, -0.15) is 0 Å². The van der Waals surface area contributed by atoms with E-state index in [9.17, 15) is 4.79 Å². The molecule has 0 unspecified atom stereocenters. The lowest BCUT2D eigenvalue weighted by Crippen LogP contribution is -2.25. The van der Waals surface area contributed by atoms with Gasteiger partial charge < -0.3 is 4.74 Å². The van der Waals surface area contributed by atoms with Gasteiger partial charge in [-0.05, 0) is 31.5 Å². The molecular formula is C17H16Cl2N2O2S. The van der Waals surface area contributed by atoms with Crippen LogP contribution >= 0.6 is 34.5 Å². The van der Waals surface area contributed by atoms with E-state index >= 15 is 0 Å². The van der Waals surface area contributed by atoms with Crippen molar-refractivity contribution < 1.29 is 4.74 Å². The molecule has 0 spiro atoms. The third kappa shape index (κ3) is 2.97. The van der Waals surface area contributed by atoms with E-state index < -0.39 is 0 Å². The smallest absolute Gasteiger partial charge is 0.262 e. The Bertz CT molecular complexity index is 979. The molecule has 2 aromatic heterocycles. The molecule has 24 heavy (non-hydrogen) atoms. The molecule has 4 nitrogen and oxygen atoms in total. The Labute approximate surface area is 153 Å². The van der Waals surface area contributed by atoms with Gasteiger partial charge >= 0.3 is 0 Å². The van der Waals surface area contributed by atoms with E-state index in [-0.39, 0.29) is 5.56 Å². The van der Waals surface area contributed by atoms with Crippen LogP contribution in [-0.2, 0) is 11.3 Å². The van der Waals surface area contributed by atoms with E-state index in [1.807, 2.05) is 19.9 Å². The first kappa shape index (κ1) is 17.4. The minimum absolute atomic E-state index is 0.0556. The minimum atomic E-state index is -0.0556. The predicted molar refractivity (Wildman–Crippen MR) is 101 cm³/mol. The summed E-state index contributed by atoms with van der Waals surface area (Å²) in [7, 11) is 1.61. The van der Waals surface area contributed by atoms with Crippen molar-refractivity contribution in [1.29, 1.82) is 0 Å². The fourth-order valence-electron chi connectivity index (χ4n) is 2.74. The van der Waals surface area contributed by atoms with E-state index in [0.717, 1.165) is 20.8 Å². The molecule has 0 N–H and O–H groups in total. The molecule has 0 fully saturated rings. The summed E-state index contributed by atoms with van der Waals surface area (Å²) >= 11 is 13.7. The fraction of sp³-hybridized carbons (Fsp3) is 0.294. The topological polar surface area (TPSA) is 44.1 Å². The zero-order valence-electron chi connectivity index (χ0n) is 13.5. The van der Waals surface area contributed by atoms with Gasteiger partial charge in [0, 0.05) is 17.6 Å². The molecule has 0 saturated carbocycles. The van der Waals surface area contributed by atoms with Crippen LogP contribution < -0.4 is 5.56 Å². The van der Waals surface area contributed by atoms with Gasteiger partial charge in [-0.3, -0.25) is 9.36 Å². The van der Waals surface area contributed by atoms with Crippen LogP contribution in [0.2, 0.25) is 10.0 Å². The maximum Gasteiger partial charge on any atom is 0.262 e. The van der Waals surface area contributed by atoms with Crippen LogP contribution in [0.3, 0.4) is 0 Å². The van der Waals surface area contributed by atoms with Crippen LogP contribution in [0.1, 0.15) is 10.7 Å². The van der Waals surface area contributed by atoms with Gasteiger partial charge in [-0.15, -0.1) is 11.3 Å². The summed E-state index contributed by atoms with van der Waals surface area (Å²) in [5, 5.41) is 1.58. The number of fused-ring (bicyclic) bond motifs is 1. The lowest BCUT2D eigenvalue weighted by Gasteiger charge is -2.10. The van der Waals surface area contributed by atoms with E-state index in [1.54, 1.807) is 23.8 Å². The molecule has 1 aromatic carbocycles. The van der Waals surface area contributed by atoms with Crippen molar-refractivity contribution >= 4 is 44.8 Å². The molecule has 0 aliphatic rings. The highest BCUT2D eigenvalue weighted by Crippen LogP contribution is 2.37. The number of thiophene rings is 1. The number of hydrogen-bond acceptors (Lipinski definition) is 4. The number of aryl methyl sites for hydroxylation is 2. The summed E-state index contributed by atoms with van der Waals surface area (Å²) in [5.74, 6) is 0.687.